The lowest BCUT2D eigenvalue weighted by Crippen LogP contribution is -2.13. The molecule has 1 aromatic rings. The highest BCUT2D eigenvalue weighted by atomic mass is 16.4. The third-order valence-electron chi connectivity index (χ3n) is 4.10. The van der Waals surface area contributed by atoms with Crippen LogP contribution in [0.25, 0.3) is 0 Å². The summed E-state index contributed by atoms with van der Waals surface area (Å²) in [5.41, 5.74) is 3.90. The SMILES string of the molecule is O=C(O)Cn1nc2c(c1C1CC1)C1CC1C2. The summed E-state index contributed by atoms with van der Waals surface area (Å²) < 4.78 is 1.76. The van der Waals surface area contributed by atoms with Gasteiger partial charge in [0.05, 0.1) is 5.69 Å². The van der Waals surface area contributed by atoms with Crippen molar-refractivity contribution in [3.63, 3.8) is 0 Å². The quantitative estimate of drug-likeness (QED) is 0.836. The molecule has 4 rings (SSSR count). The molecule has 1 N–H and O–H groups in total. The van der Waals surface area contributed by atoms with Crippen molar-refractivity contribution in [2.45, 2.75) is 44.1 Å². The van der Waals surface area contributed by atoms with Gasteiger partial charge in [-0.2, -0.15) is 5.10 Å². The minimum absolute atomic E-state index is 0.0379. The van der Waals surface area contributed by atoms with Crippen LogP contribution in [-0.4, -0.2) is 20.9 Å². The van der Waals surface area contributed by atoms with Crippen molar-refractivity contribution < 1.29 is 9.90 Å². The molecular weight excluding hydrogens is 204 g/mol. The first-order valence-electron chi connectivity index (χ1n) is 6.05. The Balaban J connectivity index is 1.81. The third kappa shape index (κ3) is 1.10. The van der Waals surface area contributed by atoms with Crippen molar-refractivity contribution in [2.75, 3.05) is 0 Å². The van der Waals surface area contributed by atoms with E-state index in [2.05, 4.69) is 5.10 Å². The van der Waals surface area contributed by atoms with E-state index in [0.29, 0.717) is 5.92 Å². The molecule has 2 fully saturated rings. The van der Waals surface area contributed by atoms with Crippen molar-refractivity contribution in [2.24, 2.45) is 5.92 Å². The maximum atomic E-state index is 10.8. The van der Waals surface area contributed by atoms with Gasteiger partial charge in [0, 0.05) is 17.2 Å². The first kappa shape index (κ1) is 8.79. The first-order valence-corrected chi connectivity index (χ1v) is 6.05. The summed E-state index contributed by atoms with van der Waals surface area (Å²) in [7, 11) is 0. The molecule has 0 bridgehead atoms. The average molecular weight is 218 g/mol. The molecule has 3 aliphatic rings. The van der Waals surface area contributed by atoms with Gasteiger partial charge < -0.3 is 5.11 Å². The van der Waals surface area contributed by atoms with Crippen molar-refractivity contribution in [3.8, 4) is 0 Å². The Morgan fingerprint density at radius 2 is 2.31 bits per heavy atom. The van der Waals surface area contributed by atoms with Gasteiger partial charge in [0.1, 0.15) is 6.54 Å². The number of carbonyl (C=O) groups is 1. The predicted octanol–water partition coefficient (Wildman–Crippen LogP) is 1.50. The Morgan fingerprint density at radius 3 is 3.00 bits per heavy atom. The van der Waals surface area contributed by atoms with E-state index in [4.69, 9.17) is 5.11 Å². The van der Waals surface area contributed by atoms with Gasteiger partial charge >= 0.3 is 5.97 Å². The van der Waals surface area contributed by atoms with Crippen LogP contribution in [0.3, 0.4) is 0 Å². The van der Waals surface area contributed by atoms with Gasteiger partial charge in [-0.25, -0.2) is 0 Å². The van der Waals surface area contributed by atoms with Gasteiger partial charge in [0.15, 0.2) is 0 Å². The summed E-state index contributed by atoms with van der Waals surface area (Å²) in [6, 6.07) is 0. The highest BCUT2D eigenvalue weighted by Crippen LogP contribution is 2.59. The molecule has 0 radical (unpaired) electrons. The molecule has 4 heteroatoms. The van der Waals surface area contributed by atoms with Crippen LogP contribution in [0.2, 0.25) is 0 Å². The Kier molecular flexibility index (Phi) is 1.47. The van der Waals surface area contributed by atoms with Gasteiger partial charge in [-0.3, -0.25) is 9.48 Å². The Hall–Kier alpha value is -1.32. The number of hydrogen-bond acceptors (Lipinski definition) is 2. The molecule has 84 valence electrons. The molecule has 2 saturated carbocycles. The molecule has 0 amide bonds. The highest BCUT2D eigenvalue weighted by Gasteiger charge is 2.50. The smallest absolute Gasteiger partial charge is 0.325 e. The normalized spacial score (nSPS) is 30.0. The molecule has 2 unspecified atom stereocenters. The molecule has 1 aromatic heterocycles. The fourth-order valence-electron chi connectivity index (χ4n) is 3.21. The third-order valence-corrected chi connectivity index (χ3v) is 4.10. The van der Waals surface area contributed by atoms with E-state index >= 15 is 0 Å². The average Bonchev–Trinajstić information content (AvgIpc) is 3.08. The van der Waals surface area contributed by atoms with Crippen LogP contribution >= 0.6 is 0 Å². The second-order valence-electron chi connectivity index (χ2n) is 5.38. The van der Waals surface area contributed by atoms with Crippen LogP contribution in [0.4, 0.5) is 0 Å². The minimum atomic E-state index is -0.782. The van der Waals surface area contributed by atoms with E-state index in [-0.39, 0.29) is 6.54 Å². The number of aromatic nitrogens is 2. The van der Waals surface area contributed by atoms with Crippen molar-refractivity contribution in [3.05, 3.63) is 17.0 Å². The maximum Gasteiger partial charge on any atom is 0.325 e. The number of rotatable bonds is 3. The molecule has 2 atom stereocenters. The maximum absolute atomic E-state index is 10.8. The second-order valence-corrected chi connectivity index (χ2v) is 5.38. The monoisotopic (exact) mass is 218 g/mol. The lowest BCUT2D eigenvalue weighted by molar-refractivity contribution is -0.137. The van der Waals surface area contributed by atoms with Gasteiger partial charge in [-0.15, -0.1) is 0 Å². The molecule has 0 spiro atoms. The molecular formula is C12H14N2O2. The van der Waals surface area contributed by atoms with Crippen molar-refractivity contribution in [1.29, 1.82) is 0 Å². The predicted molar refractivity (Wildman–Crippen MR) is 56.4 cm³/mol. The fourth-order valence-corrected chi connectivity index (χ4v) is 3.21. The van der Waals surface area contributed by atoms with Crippen LogP contribution in [0.5, 0.6) is 0 Å². The van der Waals surface area contributed by atoms with Crippen LogP contribution in [0, 0.1) is 5.92 Å². The van der Waals surface area contributed by atoms with Crippen molar-refractivity contribution in [1.82, 2.24) is 9.78 Å². The summed E-state index contributed by atoms with van der Waals surface area (Å²) in [5.74, 6) is 1.40. The van der Waals surface area contributed by atoms with Crippen LogP contribution in [-0.2, 0) is 17.8 Å². The van der Waals surface area contributed by atoms with Gasteiger partial charge in [-0.1, -0.05) is 0 Å². The van der Waals surface area contributed by atoms with Crippen molar-refractivity contribution >= 4 is 5.97 Å². The molecule has 0 aromatic carbocycles. The Bertz CT molecular complexity index is 487. The van der Waals surface area contributed by atoms with E-state index in [1.807, 2.05) is 0 Å². The van der Waals surface area contributed by atoms with E-state index in [1.165, 1.54) is 36.2 Å². The van der Waals surface area contributed by atoms with Crippen LogP contribution < -0.4 is 0 Å². The largest absolute Gasteiger partial charge is 0.480 e. The molecule has 3 aliphatic carbocycles. The Labute approximate surface area is 93.3 Å². The summed E-state index contributed by atoms with van der Waals surface area (Å²) in [4.78, 5) is 10.8. The van der Waals surface area contributed by atoms with Gasteiger partial charge in [0.25, 0.3) is 0 Å². The zero-order valence-electron chi connectivity index (χ0n) is 9.02. The lowest BCUT2D eigenvalue weighted by atomic mass is 10.1. The number of carboxylic acid groups (broad SMARTS) is 1. The van der Waals surface area contributed by atoms with E-state index in [0.717, 1.165) is 18.3 Å². The van der Waals surface area contributed by atoms with Gasteiger partial charge in [0.2, 0.25) is 0 Å². The van der Waals surface area contributed by atoms with Gasteiger partial charge in [-0.05, 0) is 37.5 Å². The highest BCUT2D eigenvalue weighted by molar-refractivity contribution is 5.66. The zero-order chi connectivity index (χ0) is 10.9. The topological polar surface area (TPSA) is 55.1 Å². The van der Waals surface area contributed by atoms with E-state index < -0.39 is 5.97 Å². The summed E-state index contributed by atoms with van der Waals surface area (Å²) in [5, 5.41) is 13.4. The minimum Gasteiger partial charge on any atom is -0.480 e. The molecule has 1 heterocycles. The van der Waals surface area contributed by atoms with Crippen LogP contribution in [0.15, 0.2) is 0 Å². The standard InChI is InChI=1S/C12H14N2O2/c15-10(16)5-14-12(6-1-2-6)11-8-3-7(8)4-9(11)13-14/h6-8H,1-5H2,(H,15,16). The molecule has 4 nitrogen and oxygen atoms in total. The molecule has 0 aliphatic heterocycles. The number of fused-ring (bicyclic) bond motifs is 3. The number of carboxylic acids is 1. The van der Waals surface area contributed by atoms with Crippen LogP contribution in [0.1, 0.15) is 48.0 Å². The number of aliphatic carboxylic acids is 1. The molecule has 0 saturated heterocycles. The summed E-state index contributed by atoms with van der Waals surface area (Å²) in [6.45, 7) is 0.0379. The zero-order valence-corrected chi connectivity index (χ0v) is 9.02. The Morgan fingerprint density at radius 1 is 1.50 bits per heavy atom. The van der Waals surface area contributed by atoms with E-state index in [9.17, 15) is 4.79 Å². The second kappa shape index (κ2) is 2.67. The number of nitrogens with zero attached hydrogens (tertiary/aromatic N) is 2. The number of hydrogen-bond donors (Lipinski definition) is 1. The first-order chi connectivity index (χ1) is 7.74. The summed E-state index contributed by atoms with van der Waals surface area (Å²) in [6.07, 6.45) is 4.84. The lowest BCUT2D eigenvalue weighted by Gasteiger charge is -2.05. The van der Waals surface area contributed by atoms with E-state index in [1.54, 1.807) is 4.68 Å². The molecule has 16 heavy (non-hydrogen) atoms. The fraction of sp³-hybridized carbons (Fsp3) is 0.667. The summed E-state index contributed by atoms with van der Waals surface area (Å²) >= 11 is 0.